The van der Waals surface area contributed by atoms with E-state index < -0.39 is 0 Å². The number of aryl methyl sites for hydroxylation is 1. The molecule has 0 saturated carbocycles. The maximum absolute atomic E-state index is 12.6. The molecule has 2 aromatic heterocycles. The first-order chi connectivity index (χ1) is 9.72. The summed E-state index contributed by atoms with van der Waals surface area (Å²) in [5.74, 6) is 0.0401. The van der Waals surface area contributed by atoms with Crippen LogP contribution in [0.15, 0.2) is 17.5 Å². The largest absolute Gasteiger partial charge is 0.382 e. The molecule has 20 heavy (non-hydrogen) atoms. The Kier molecular flexibility index (Phi) is 3.54. The normalized spacial score (nSPS) is 18.1. The lowest BCUT2D eigenvalue weighted by molar-refractivity contribution is 0.0495. The van der Waals surface area contributed by atoms with Crippen molar-refractivity contribution >= 4 is 17.2 Å². The maximum Gasteiger partial charge on any atom is 0.264 e. The fourth-order valence-corrected chi connectivity index (χ4v) is 3.26. The second-order valence-corrected chi connectivity index (χ2v) is 5.69. The molecule has 0 spiro atoms. The van der Waals surface area contributed by atoms with Crippen molar-refractivity contribution in [1.29, 1.82) is 0 Å². The number of carbonyl (C=O) groups excluding carboxylic acids is 1. The third-order valence-electron chi connectivity index (χ3n) is 3.57. The van der Waals surface area contributed by atoms with Crippen LogP contribution in [0.3, 0.4) is 0 Å². The highest BCUT2D eigenvalue weighted by molar-refractivity contribution is 7.12. The van der Waals surface area contributed by atoms with Gasteiger partial charge in [0.25, 0.3) is 5.91 Å². The zero-order chi connectivity index (χ0) is 14.1. The van der Waals surface area contributed by atoms with Crippen LogP contribution in [0.25, 0.3) is 0 Å². The van der Waals surface area contributed by atoms with Gasteiger partial charge in [-0.3, -0.25) is 9.48 Å². The van der Waals surface area contributed by atoms with Gasteiger partial charge in [0.1, 0.15) is 11.7 Å². The van der Waals surface area contributed by atoms with Crippen LogP contribution in [0, 0.1) is 0 Å². The molecule has 3 heterocycles. The molecule has 1 aliphatic rings. The molecule has 6 nitrogen and oxygen atoms in total. The van der Waals surface area contributed by atoms with Gasteiger partial charge in [-0.15, -0.1) is 16.4 Å². The molecule has 0 bridgehead atoms. The summed E-state index contributed by atoms with van der Waals surface area (Å²) in [6.07, 6.45) is 0.774. The number of hydrogen-bond acceptors (Lipinski definition) is 5. The van der Waals surface area contributed by atoms with Gasteiger partial charge in [-0.2, -0.15) is 0 Å². The summed E-state index contributed by atoms with van der Waals surface area (Å²) in [6, 6.07) is 3.58. The highest BCUT2D eigenvalue weighted by Crippen LogP contribution is 2.30. The fraction of sp³-hybridized carbons (Fsp3) is 0.462. The SMILES string of the molecule is COC[C@@H]1c2nnn(C)c2CCN1C(=O)c1cccs1. The third kappa shape index (κ3) is 2.12. The summed E-state index contributed by atoms with van der Waals surface area (Å²) >= 11 is 1.46. The Morgan fingerprint density at radius 1 is 1.60 bits per heavy atom. The summed E-state index contributed by atoms with van der Waals surface area (Å²) in [7, 11) is 3.52. The maximum atomic E-state index is 12.6. The Hall–Kier alpha value is -1.73. The Morgan fingerprint density at radius 2 is 2.45 bits per heavy atom. The highest BCUT2D eigenvalue weighted by atomic mass is 32.1. The van der Waals surface area contributed by atoms with E-state index in [0.29, 0.717) is 13.2 Å². The molecule has 0 aliphatic carbocycles. The number of amides is 1. The monoisotopic (exact) mass is 292 g/mol. The lowest BCUT2D eigenvalue weighted by atomic mass is 10.0. The molecule has 0 aromatic carbocycles. The predicted molar refractivity (Wildman–Crippen MR) is 74.7 cm³/mol. The second kappa shape index (κ2) is 5.34. The molecule has 7 heteroatoms. The molecule has 1 amide bonds. The summed E-state index contributed by atoms with van der Waals surface area (Å²) in [5.41, 5.74) is 1.94. The molecule has 2 aromatic rings. The van der Waals surface area contributed by atoms with E-state index in [0.717, 1.165) is 22.7 Å². The number of thiophene rings is 1. The standard InChI is InChI=1S/C13H16N4O2S/c1-16-9-5-6-17(13(18)11-4-3-7-20-11)10(8-19-2)12(9)14-15-16/h3-4,7,10H,5-6,8H2,1-2H3/t10-/m1/s1. The lowest BCUT2D eigenvalue weighted by Crippen LogP contribution is -2.42. The smallest absolute Gasteiger partial charge is 0.264 e. The van der Waals surface area contributed by atoms with Crippen molar-refractivity contribution in [2.45, 2.75) is 12.5 Å². The summed E-state index contributed by atoms with van der Waals surface area (Å²) in [6.45, 7) is 1.10. The van der Waals surface area contributed by atoms with E-state index in [1.807, 2.05) is 29.5 Å². The predicted octanol–water partition coefficient (Wildman–Crippen LogP) is 1.26. The molecular formula is C13H16N4O2S. The van der Waals surface area contributed by atoms with Gasteiger partial charge >= 0.3 is 0 Å². The molecular weight excluding hydrogens is 276 g/mol. The van der Waals surface area contributed by atoms with Gasteiger partial charge in [0.05, 0.1) is 17.2 Å². The number of fused-ring (bicyclic) bond motifs is 1. The second-order valence-electron chi connectivity index (χ2n) is 4.74. The van der Waals surface area contributed by atoms with E-state index in [1.54, 1.807) is 11.8 Å². The quantitative estimate of drug-likeness (QED) is 0.854. The summed E-state index contributed by atoms with van der Waals surface area (Å²) < 4.78 is 7.06. The zero-order valence-corrected chi connectivity index (χ0v) is 12.3. The number of hydrogen-bond donors (Lipinski definition) is 0. The van der Waals surface area contributed by atoms with Crippen LogP contribution < -0.4 is 0 Å². The van der Waals surface area contributed by atoms with Crippen LogP contribution in [0.1, 0.15) is 27.1 Å². The van der Waals surface area contributed by atoms with Crippen LogP contribution in [-0.4, -0.2) is 46.1 Å². The minimum atomic E-state index is -0.160. The van der Waals surface area contributed by atoms with Crippen molar-refractivity contribution in [1.82, 2.24) is 19.9 Å². The number of nitrogens with zero attached hydrogens (tertiary/aromatic N) is 4. The van der Waals surface area contributed by atoms with E-state index in [-0.39, 0.29) is 11.9 Å². The average molecular weight is 292 g/mol. The number of carbonyl (C=O) groups is 1. The molecule has 1 aliphatic heterocycles. The average Bonchev–Trinajstić information content (AvgIpc) is 3.09. The molecule has 0 radical (unpaired) electrons. The van der Waals surface area contributed by atoms with Crippen LogP contribution >= 0.6 is 11.3 Å². The number of methoxy groups -OCH3 is 1. The number of ether oxygens (including phenoxy) is 1. The first-order valence-corrected chi connectivity index (χ1v) is 7.32. The molecule has 3 rings (SSSR count). The van der Waals surface area contributed by atoms with Crippen molar-refractivity contribution in [3.63, 3.8) is 0 Å². The van der Waals surface area contributed by atoms with Gasteiger partial charge in [0.15, 0.2) is 0 Å². The van der Waals surface area contributed by atoms with Crippen molar-refractivity contribution in [2.75, 3.05) is 20.3 Å². The Bertz CT molecular complexity index is 608. The van der Waals surface area contributed by atoms with E-state index in [4.69, 9.17) is 4.74 Å². The van der Waals surface area contributed by atoms with Gasteiger partial charge in [-0.1, -0.05) is 11.3 Å². The minimum Gasteiger partial charge on any atom is -0.382 e. The lowest BCUT2D eigenvalue weighted by Gasteiger charge is -2.34. The first-order valence-electron chi connectivity index (χ1n) is 6.44. The molecule has 0 N–H and O–H groups in total. The first kappa shape index (κ1) is 13.3. The minimum absolute atomic E-state index is 0.0401. The zero-order valence-electron chi connectivity index (χ0n) is 11.4. The molecule has 0 saturated heterocycles. The molecule has 106 valence electrons. The van der Waals surface area contributed by atoms with Gasteiger partial charge in [0.2, 0.25) is 0 Å². The Morgan fingerprint density at radius 3 is 3.15 bits per heavy atom. The van der Waals surface area contributed by atoms with Crippen molar-refractivity contribution < 1.29 is 9.53 Å². The van der Waals surface area contributed by atoms with Crippen molar-refractivity contribution in [3.8, 4) is 0 Å². The van der Waals surface area contributed by atoms with Crippen LogP contribution in [0.5, 0.6) is 0 Å². The van der Waals surface area contributed by atoms with E-state index in [9.17, 15) is 4.79 Å². The summed E-state index contributed by atoms with van der Waals surface area (Å²) in [5, 5.41) is 10.2. The van der Waals surface area contributed by atoms with Crippen molar-refractivity contribution in [3.05, 3.63) is 33.8 Å². The number of rotatable bonds is 3. The van der Waals surface area contributed by atoms with Gasteiger partial charge in [-0.05, 0) is 11.4 Å². The van der Waals surface area contributed by atoms with Gasteiger partial charge in [0, 0.05) is 27.1 Å². The summed E-state index contributed by atoms with van der Waals surface area (Å²) in [4.78, 5) is 15.2. The van der Waals surface area contributed by atoms with Gasteiger partial charge < -0.3 is 9.64 Å². The molecule has 1 atom stereocenters. The number of aromatic nitrogens is 3. The van der Waals surface area contributed by atoms with E-state index in [2.05, 4.69) is 10.3 Å². The third-order valence-corrected chi connectivity index (χ3v) is 4.43. The topological polar surface area (TPSA) is 60.3 Å². The highest BCUT2D eigenvalue weighted by Gasteiger charge is 2.35. The fourth-order valence-electron chi connectivity index (χ4n) is 2.58. The van der Waals surface area contributed by atoms with Crippen LogP contribution in [-0.2, 0) is 18.2 Å². The Balaban J connectivity index is 1.94. The van der Waals surface area contributed by atoms with Gasteiger partial charge in [-0.25, -0.2) is 0 Å². The van der Waals surface area contributed by atoms with E-state index in [1.165, 1.54) is 11.3 Å². The molecule has 0 fully saturated rings. The Labute approximate surface area is 121 Å². The van der Waals surface area contributed by atoms with Crippen molar-refractivity contribution in [2.24, 2.45) is 7.05 Å². The van der Waals surface area contributed by atoms with E-state index >= 15 is 0 Å². The van der Waals surface area contributed by atoms with Crippen LogP contribution in [0.2, 0.25) is 0 Å². The van der Waals surface area contributed by atoms with Crippen LogP contribution in [0.4, 0.5) is 0 Å². The molecule has 0 unspecified atom stereocenters.